The standard InChI is InChI=1S/C32H26N2O6/c35-28-18-17-26(24-14-6-7-15-25(24)28)31(29(19-20-30(36)34-38)39-22-11-2-1-3-12-22)40-32(37)33-27-16-8-10-21-9-4-5-13-23(21)27/h1-20,29,31,35,38H,(H,33,37)(H,34,36)/b20-19+/t29-,31-/m1/s1. The minimum absolute atomic E-state index is 0.0639. The van der Waals surface area contributed by atoms with E-state index in [2.05, 4.69) is 5.32 Å². The Balaban J connectivity index is 1.57. The molecular formula is C32H26N2O6. The lowest BCUT2D eigenvalue weighted by Crippen LogP contribution is -2.30. The number of fused-ring (bicyclic) bond motifs is 2. The number of hydroxylamine groups is 1. The molecule has 5 aromatic carbocycles. The van der Waals surface area contributed by atoms with Crippen molar-refractivity contribution < 1.29 is 29.4 Å². The summed E-state index contributed by atoms with van der Waals surface area (Å²) < 4.78 is 12.2. The molecule has 0 unspecified atom stereocenters. The Morgan fingerprint density at radius 1 is 0.750 bits per heavy atom. The van der Waals surface area contributed by atoms with Gasteiger partial charge in [-0.2, -0.15) is 0 Å². The molecule has 5 rings (SSSR count). The van der Waals surface area contributed by atoms with Gasteiger partial charge < -0.3 is 14.6 Å². The minimum atomic E-state index is -1.08. The molecule has 2 amide bonds. The van der Waals surface area contributed by atoms with Crippen molar-refractivity contribution in [2.45, 2.75) is 12.2 Å². The molecular weight excluding hydrogens is 508 g/mol. The maximum absolute atomic E-state index is 13.4. The van der Waals surface area contributed by atoms with Gasteiger partial charge in [0.25, 0.3) is 5.91 Å². The zero-order valence-electron chi connectivity index (χ0n) is 21.2. The van der Waals surface area contributed by atoms with E-state index in [0.717, 1.165) is 16.8 Å². The SMILES string of the molecule is O=C(/C=C/[C@@H](Oc1ccccc1)[C@H](OC(=O)Nc1cccc2ccccc12)c1ccc(O)c2ccccc12)NO. The lowest BCUT2D eigenvalue weighted by atomic mass is 9.96. The number of hydrogen-bond donors (Lipinski definition) is 4. The number of aromatic hydroxyl groups is 1. The second-order valence-electron chi connectivity index (χ2n) is 8.93. The van der Waals surface area contributed by atoms with Crippen molar-refractivity contribution in [2.75, 3.05) is 5.32 Å². The summed E-state index contributed by atoms with van der Waals surface area (Å²) >= 11 is 0. The van der Waals surface area contributed by atoms with Crippen LogP contribution in [0.15, 0.2) is 121 Å². The zero-order valence-corrected chi connectivity index (χ0v) is 21.2. The number of ether oxygens (including phenoxy) is 2. The molecule has 0 aliphatic heterocycles. The first-order valence-electron chi connectivity index (χ1n) is 12.5. The number of phenols is 1. The molecule has 200 valence electrons. The second-order valence-corrected chi connectivity index (χ2v) is 8.93. The van der Waals surface area contributed by atoms with Crippen LogP contribution in [0.4, 0.5) is 10.5 Å². The van der Waals surface area contributed by atoms with E-state index in [-0.39, 0.29) is 5.75 Å². The van der Waals surface area contributed by atoms with Crippen molar-refractivity contribution in [1.29, 1.82) is 0 Å². The van der Waals surface area contributed by atoms with Gasteiger partial charge in [-0.3, -0.25) is 15.3 Å². The number of amides is 2. The molecule has 40 heavy (non-hydrogen) atoms. The Bertz CT molecular complexity index is 1680. The maximum Gasteiger partial charge on any atom is 0.412 e. The Morgan fingerprint density at radius 3 is 2.20 bits per heavy atom. The quantitative estimate of drug-likeness (QED) is 0.103. The highest BCUT2D eigenvalue weighted by Gasteiger charge is 2.30. The molecule has 0 spiro atoms. The summed E-state index contributed by atoms with van der Waals surface area (Å²) in [5, 5.41) is 25.3. The molecule has 0 heterocycles. The van der Waals surface area contributed by atoms with Crippen molar-refractivity contribution in [2.24, 2.45) is 0 Å². The molecule has 0 bridgehead atoms. The first kappa shape index (κ1) is 26.3. The number of carbonyl (C=O) groups is 2. The predicted molar refractivity (Wildman–Crippen MR) is 152 cm³/mol. The zero-order chi connectivity index (χ0) is 27.9. The Hall–Kier alpha value is -5.34. The summed E-state index contributed by atoms with van der Waals surface area (Å²) in [6.45, 7) is 0. The summed E-state index contributed by atoms with van der Waals surface area (Å²) in [5.74, 6) is -0.252. The Labute approximate surface area is 230 Å². The molecule has 8 nitrogen and oxygen atoms in total. The van der Waals surface area contributed by atoms with Gasteiger partial charge in [0, 0.05) is 22.4 Å². The van der Waals surface area contributed by atoms with Gasteiger partial charge in [0.2, 0.25) is 0 Å². The van der Waals surface area contributed by atoms with E-state index in [4.69, 9.17) is 14.7 Å². The number of carbonyl (C=O) groups excluding carboxylic acids is 2. The topological polar surface area (TPSA) is 117 Å². The van der Waals surface area contributed by atoms with E-state index < -0.39 is 24.2 Å². The summed E-state index contributed by atoms with van der Waals surface area (Å²) in [6.07, 6.45) is -0.347. The van der Waals surface area contributed by atoms with Crippen LogP contribution < -0.4 is 15.5 Å². The van der Waals surface area contributed by atoms with Crippen molar-refractivity contribution >= 4 is 39.2 Å². The second kappa shape index (κ2) is 12.0. The van der Waals surface area contributed by atoms with Crippen LogP contribution in [-0.2, 0) is 9.53 Å². The van der Waals surface area contributed by atoms with E-state index in [1.54, 1.807) is 66.1 Å². The third-order valence-corrected chi connectivity index (χ3v) is 6.36. The van der Waals surface area contributed by atoms with Crippen LogP contribution in [0.2, 0.25) is 0 Å². The van der Waals surface area contributed by atoms with Crippen LogP contribution in [0.1, 0.15) is 11.7 Å². The average Bonchev–Trinajstić information content (AvgIpc) is 2.99. The number of benzene rings is 5. The molecule has 0 saturated heterocycles. The van der Waals surface area contributed by atoms with Gasteiger partial charge in [-0.25, -0.2) is 10.3 Å². The van der Waals surface area contributed by atoms with Crippen LogP contribution in [0.3, 0.4) is 0 Å². The van der Waals surface area contributed by atoms with Crippen LogP contribution in [-0.4, -0.2) is 28.4 Å². The van der Waals surface area contributed by atoms with Crippen molar-refractivity contribution in [3.8, 4) is 11.5 Å². The van der Waals surface area contributed by atoms with Crippen LogP contribution in [0.25, 0.3) is 21.5 Å². The summed E-state index contributed by atoms with van der Waals surface area (Å²) in [6, 6.07) is 32.4. The van der Waals surface area contributed by atoms with Gasteiger partial charge in [-0.1, -0.05) is 84.9 Å². The molecule has 0 saturated carbocycles. The lowest BCUT2D eigenvalue weighted by molar-refractivity contribution is -0.124. The predicted octanol–water partition coefficient (Wildman–Crippen LogP) is 6.50. The number of para-hydroxylation sites is 1. The number of hydrogen-bond acceptors (Lipinski definition) is 6. The summed E-state index contributed by atoms with van der Waals surface area (Å²) in [7, 11) is 0. The highest BCUT2D eigenvalue weighted by molar-refractivity contribution is 6.00. The molecule has 0 aromatic heterocycles. The van der Waals surface area contributed by atoms with Crippen molar-refractivity contribution in [3.63, 3.8) is 0 Å². The van der Waals surface area contributed by atoms with Crippen LogP contribution in [0.5, 0.6) is 11.5 Å². The average molecular weight is 535 g/mol. The highest BCUT2D eigenvalue weighted by Crippen LogP contribution is 2.36. The molecule has 0 fully saturated rings. The minimum Gasteiger partial charge on any atom is -0.507 e. The maximum atomic E-state index is 13.4. The van der Waals surface area contributed by atoms with Gasteiger partial charge in [0.15, 0.2) is 12.2 Å². The largest absolute Gasteiger partial charge is 0.507 e. The van der Waals surface area contributed by atoms with E-state index in [9.17, 15) is 14.7 Å². The molecule has 5 aromatic rings. The molecule has 8 heteroatoms. The highest BCUT2D eigenvalue weighted by atomic mass is 16.6. The number of phenolic OH excluding ortho intramolecular Hbond substituents is 1. The first-order chi connectivity index (χ1) is 19.5. The molecule has 4 N–H and O–H groups in total. The van der Waals surface area contributed by atoms with Crippen LogP contribution in [0, 0.1) is 0 Å². The van der Waals surface area contributed by atoms with Crippen molar-refractivity contribution in [3.05, 3.63) is 127 Å². The fourth-order valence-electron chi connectivity index (χ4n) is 4.53. The summed E-state index contributed by atoms with van der Waals surface area (Å²) in [4.78, 5) is 25.3. The molecule has 2 atom stereocenters. The number of rotatable bonds is 8. The van der Waals surface area contributed by atoms with Gasteiger partial charge in [0.1, 0.15) is 11.5 Å². The van der Waals surface area contributed by atoms with Gasteiger partial charge in [-0.05, 0) is 41.1 Å². The number of anilines is 1. The van der Waals surface area contributed by atoms with Crippen molar-refractivity contribution in [1.82, 2.24) is 5.48 Å². The third-order valence-electron chi connectivity index (χ3n) is 6.36. The van der Waals surface area contributed by atoms with Gasteiger partial charge in [0.05, 0.1) is 5.69 Å². The molecule has 0 radical (unpaired) electrons. The van der Waals surface area contributed by atoms with E-state index in [1.807, 2.05) is 42.5 Å². The summed E-state index contributed by atoms with van der Waals surface area (Å²) in [5.41, 5.74) is 2.66. The molecule has 0 aliphatic carbocycles. The third kappa shape index (κ3) is 5.87. The fraction of sp³-hybridized carbons (Fsp3) is 0.0625. The van der Waals surface area contributed by atoms with E-state index in [1.165, 1.54) is 12.1 Å². The number of nitrogens with one attached hydrogen (secondary N) is 2. The van der Waals surface area contributed by atoms with Crippen LogP contribution >= 0.6 is 0 Å². The first-order valence-corrected chi connectivity index (χ1v) is 12.5. The van der Waals surface area contributed by atoms with E-state index in [0.29, 0.717) is 27.8 Å². The smallest absolute Gasteiger partial charge is 0.412 e. The fourth-order valence-corrected chi connectivity index (χ4v) is 4.53. The van der Waals surface area contributed by atoms with E-state index >= 15 is 0 Å². The lowest BCUT2D eigenvalue weighted by Gasteiger charge is -2.27. The molecule has 0 aliphatic rings. The normalized spacial score (nSPS) is 12.6. The monoisotopic (exact) mass is 534 g/mol. The van der Waals surface area contributed by atoms with Gasteiger partial charge in [-0.15, -0.1) is 0 Å². The Kier molecular flexibility index (Phi) is 7.89. The van der Waals surface area contributed by atoms with Gasteiger partial charge >= 0.3 is 6.09 Å². The Morgan fingerprint density at radius 2 is 1.43 bits per heavy atom.